The van der Waals surface area contributed by atoms with Crippen LogP contribution in [0.4, 0.5) is 0 Å². The minimum atomic E-state index is -0.517. The van der Waals surface area contributed by atoms with Gasteiger partial charge in [0.2, 0.25) is 11.8 Å². The zero-order valence-corrected chi connectivity index (χ0v) is 19.9. The van der Waals surface area contributed by atoms with E-state index in [0.717, 1.165) is 50.1 Å². The number of benzene rings is 1. The molecule has 0 saturated heterocycles. The van der Waals surface area contributed by atoms with Crippen molar-refractivity contribution in [1.82, 2.24) is 15.5 Å². The van der Waals surface area contributed by atoms with Crippen molar-refractivity contribution >= 4 is 11.8 Å². The van der Waals surface area contributed by atoms with Crippen molar-refractivity contribution in [2.24, 2.45) is 11.8 Å². The minimum absolute atomic E-state index is 0.0243. The molecule has 0 radical (unpaired) electrons. The van der Waals surface area contributed by atoms with Crippen LogP contribution in [0, 0.1) is 11.8 Å². The summed E-state index contributed by atoms with van der Waals surface area (Å²) in [7, 11) is 1.66. The summed E-state index contributed by atoms with van der Waals surface area (Å²) >= 11 is 0. The summed E-state index contributed by atoms with van der Waals surface area (Å²) in [6.07, 6.45) is 5.26. The van der Waals surface area contributed by atoms with Crippen LogP contribution in [0.3, 0.4) is 0 Å². The highest BCUT2D eigenvalue weighted by Gasteiger charge is 2.29. The number of hydrogen-bond donors (Lipinski definition) is 2. The Balaban J connectivity index is 2.08. The maximum atomic E-state index is 13.1. The molecule has 1 aromatic carbocycles. The van der Waals surface area contributed by atoms with E-state index in [1.54, 1.807) is 7.11 Å². The van der Waals surface area contributed by atoms with E-state index >= 15 is 0 Å². The minimum Gasteiger partial charge on any atom is -0.497 e. The SMILES string of the molecule is CCN(CC)[C@H](CNC(=O)[C@@H](NC(=O)C1CCCCC1)C(C)C)c1cccc(OC)c1. The number of carbonyl (C=O) groups is 2. The molecule has 31 heavy (non-hydrogen) atoms. The third-order valence-corrected chi connectivity index (χ3v) is 6.42. The monoisotopic (exact) mass is 431 g/mol. The zero-order valence-electron chi connectivity index (χ0n) is 19.9. The third kappa shape index (κ3) is 7.23. The van der Waals surface area contributed by atoms with Crippen LogP contribution in [-0.4, -0.2) is 49.5 Å². The lowest BCUT2D eigenvalue weighted by Gasteiger charge is -2.32. The molecular weight excluding hydrogens is 390 g/mol. The van der Waals surface area contributed by atoms with Gasteiger partial charge in [-0.3, -0.25) is 14.5 Å². The quantitative estimate of drug-likeness (QED) is 0.557. The molecule has 0 aromatic heterocycles. The fourth-order valence-corrected chi connectivity index (χ4v) is 4.45. The number of nitrogens with one attached hydrogen (secondary N) is 2. The number of amides is 2. The number of ether oxygens (including phenoxy) is 1. The Morgan fingerprint density at radius 2 is 1.81 bits per heavy atom. The van der Waals surface area contributed by atoms with Crippen LogP contribution in [0.15, 0.2) is 24.3 Å². The van der Waals surface area contributed by atoms with Crippen LogP contribution in [-0.2, 0) is 9.59 Å². The summed E-state index contributed by atoms with van der Waals surface area (Å²) in [5, 5.41) is 6.16. The van der Waals surface area contributed by atoms with Crippen molar-refractivity contribution in [3.63, 3.8) is 0 Å². The molecule has 1 aliphatic carbocycles. The van der Waals surface area contributed by atoms with Crippen molar-refractivity contribution < 1.29 is 14.3 Å². The van der Waals surface area contributed by atoms with Crippen LogP contribution < -0.4 is 15.4 Å². The van der Waals surface area contributed by atoms with E-state index in [0.29, 0.717) is 6.54 Å². The predicted molar refractivity (Wildman–Crippen MR) is 125 cm³/mol. The zero-order chi connectivity index (χ0) is 22.8. The summed E-state index contributed by atoms with van der Waals surface area (Å²) in [5.41, 5.74) is 1.11. The van der Waals surface area contributed by atoms with Gasteiger partial charge in [-0.05, 0) is 49.5 Å². The second-order valence-electron chi connectivity index (χ2n) is 8.82. The largest absolute Gasteiger partial charge is 0.497 e. The molecule has 1 aromatic rings. The molecule has 6 nitrogen and oxygen atoms in total. The topological polar surface area (TPSA) is 70.7 Å². The maximum Gasteiger partial charge on any atom is 0.242 e. The molecule has 2 amide bonds. The van der Waals surface area contributed by atoms with Gasteiger partial charge in [0.25, 0.3) is 0 Å². The number of methoxy groups -OCH3 is 1. The average molecular weight is 432 g/mol. The molecule has 0 aliphatic heterocycles. The molecule has 1 fully saturated rings. The molecular formula is C25H41N3O3. The van der Waals surface area contributed by atoms with Gasteiger partial charge in [-0.15, -0.1) is 0 Å². The highest BCUT2D eigenvalue weighted by Crippen LogP contribution is 2.25. The normalized spacial score (nSPS) is 16.7. The number of nitrogens with zero attached hydrogens (tertiary/aromatic N) is 1. The van der Waals surface area contributed by atoms with Gasteiger partial charge >= 0.3 is 0 Å². The van der Waals surface area contributed by atoms with Crippen molar-refractivity contribution in [3.05, 3.63) is 29.8 Å². The molecule has 0 spiro atoms. The van der Waals surface area contributed by atoms with Gasteiger partial charge in [0.15, 0.2) is 0 Å². The molecule has 0 heterocycles. The molecule has 2 atom stereocenters. The van der Waals surface area contributed by atoms with Crippen LogP contribution in [0.2, 0.25) is 0 Å². The van der Waals surface area contributed by atoms with Crippen molar-refractivity contribution in [2.45, 2.75) is 71.9 Å². The van der Waals surface area contributed by atoms with Gasteiger partial charge in [0, 0.05) is 12.5 Å². The Hall–Kier alpha value is -2.08. The fraction of sp³-hybridized carbons (Fsp3) is 0.680. The lowest BCUT2D eigenvalue weighted by Crippen LogP contribution is -2.52. The molecule has 1 aliphatic rings. The second kappa shape index (κ2) is 12.7. The fourth-order valence-electron chi connectivity index (χ4n) is 4.45. The standard InChI is InChI=1S/C25H41N3O3/c1-6-28(7-2)22(20-14-11-15-21(16-20)31-5)17-26-25(30)23(18(3)4)27-24(29)19-12-9-8-10-13-19/h11,14-16,18-19,22-23H,6-10,12-13,17H2,1-5H3,(H,26,30)(H,27,29)/t22-,23+/m1/s1. The van der Waals surface area contributed by atoms with Gasteiger partial charge < -0.3 is 15.4 Å². The Kier molecular flexibility index (Phi) is 10.3. The predicted octanol–water partition coefficient (Wildman–Crippen LogP) is 3.92. The summed E-state index contributed by atoms with van der Waals surface area (Å²) < 4.78 is 5.40. The van der Waals surface area contributed by atoms with Gasteiger partial charge in [0.05, 0.1) is 13.2 Å². The first-order chi connectivity index (χ1) is 14.9. The Bertz CT molecular complexity index is 697. The smallest absolute Gasteiger partial charge is 0.242 e. The van der Waals surface area contributed by atoms with Crippen molar-refractivity contribution in [3.8, 4) is 5.75 Å². The summed E-state index contributed by atoms with van der Waals surface area (Å²) in [4.78, 5) is 28.1. The van der Waals surface area contributed by atoms with Gasteiger partial charge in [-0.2, -0.15) is 0 Å². The highest BCUT2D eigenvalue weighted by atomic mass is 16.5. The molecule has 6 heteroatoms. The summed E-state index contributed by atoms with van der Waals surface area (Å²) in [6.45, 7) is 10.4. The van der Waals surface area contributed by atoms with E-state index in [-0.39, 0.29) is 29.7 Å². The Morgan fingerprint density at radius 1 is 1.13 bits per heavy atom. The van der Waals surface area contributed by atoms with Gasteiger partial charge in [0.1, 0.15) is 11.8 Å². The molecule has 2 N–H and O–H groups in total. The second-order valence-corrected chi connectivity index (χ2v) is 8.82. The first-order valence-corrected chi connectivity index (χ1v) is 11.9. The molecule has 2 rings (SSSR count). The van der Waals surface area contributed by atoms with Crippen LogP contribution in [0.25, 0.3) is 0 Å². The highest BCUT2D eigenvalue weighted by molar-refractivity contribution is 5.88. The van der Waals surface area contributed by atoms with E-state index in [1.165, 1.54) is 6.42 Å². The number of likely N-dealkylation sites (N-methyl/N-ethyl adjacent to an activating group) is 1. The van der Waals surface area contributed by atoms with E-state index in [1.807, 2.05) is 32.0 Å². The van der Waals surface area contributed by atoms with Gasteiger partial charge in [-0.25, -0.2) is 0 Å². The molecule has 1 saturated carbocycles. The molecule has 0 unspecified atom stereocenters. The lowest BCUT2D eigenvalue weighted by atomic mass is 9.88. The third-order valence-electron chi connectivity index (χ3n) is 6.42. The van der Waals surface area contributed by atoms with Crippen molar-refractivity contribution in [1.29, 1.82) is 0 Å². The number of rotatable bonds is 11. The summed E-state index contributed by atoms with van der Waals surface area (Å²) in [6, 6.07) is 7.53. The summed E-state index contributed by atoms with van der Waals surface area (Å²) in [5.74, 6) is 0.793. The van der Waals surface area contributed by atoms with Crippen LogP contribution in [0.1, 0.15) is 71.4 Å². The first kappa shape index (κ1) is 25.2. The average Bonchev–Trinajstić information content (AvgIpc) is 2.80. The molecule has 174 valence electrons. The maximum absolute atomic E-state index is 13.1. The van der Waals surface area contributed by atoms with Crippen LogP contribution in [0.5, 0.6) is 5.75 Å². The van der Waals surface area contributed by atoms with E-state index < -0.39 is 6.04 Å². The van der Waals surface area contributed by atoms with E-state index in [9.17, 15) is 9.59 Å². The van der Waals surface area contributed by atoms with Crippen molar-refractivity contribution in [2.75, 3.05) is 26.7 Å². The lowest BCUT2D eigenvalue weighted by molar-refractivity contribution is -0.132. The van der Waals surface area contributed by atoms with Gasteiger partial charge in [-0.1, -0.05) is 59.1 Å². The Labute approximate surface area is 188 Å². The van der Waals surface area contributed by atoms with E-state index in [2.05, 4.69) is 35.4 Å². The Morgan fingerprint density at radius 3 is 2.39 bits per heavy atom. The van der Waals surface area contributed by atoms with Crippen LogP contribution >= 0.6 is 0 Å². The molecule has 0 bridgehead atoms. The van der Waals surface area contributed by atoms with E-state index in [4.69, 9.17) is 4.74 Å². The number of hydrogen-bond acceptors (Lipinski definition) is 4. The number of carbonyl (C=O) groups excluding carboxylic acids is 2. The first-order valence-electron chi connectivity index (χ1n) is 11.9.